The zero-order valence-corrected chi connectivity index (χ0v) is 6.03. The first-order valence-electron chi connectivity index (χ1n) is 2.36. The molecule has 0 aromatic heterocycles. The Labute approximate surface area is 50.1 Å². The molecule has 0 unspecified atom stereocenters. The fraction of sp³-hybridized carbons (Fsp3) is 1.00. The van der Waals surface area contributed by atoms with Crippen molar-refractivity contribution in [3.05, 3.63) is 0 Å². The summed E-state index contributed by atoms with van der Waals surface area (Å²) in [5.41, 5.74) is 0. The largest absolute Gasteiger partial charge is 0.345 e. The molecule has 5 heteroatoms. The predicted molar refractivity (Wildman–Crippen MR) is 31.7 cm³/mol. The van der Waals surface area contributed by atoms with Gasteiger partial charge in [0, 0.05) is 0 Å². The van der Waals surface area contributed by atoms with E-state index < -0.39 is 8.38 Å². The van der Waals surface area contributed by atoms with Crippen LogP contribution in [-0.4, -0.2) is 19.0 Å². The van der Waals surface area contributed by atoms with Crippen molar-refractivity contribution in [1.82, 2.24) is 0 Å². The highest BCUT2D eigenvalue weighted by Gasteiger charge is 2.30. The van der Waals surface area contributed by atoms with E-state index in [1.165, 1.54) is 0 Å². The molecule has 3 fully saturated rings. The Hall–Kier alpha value is 0.740. The first kappa shape index (κ1) is 5.52. The molecule has 46 valence electrons. The van der Waals surface area contributed by atoms with Crippen LogP contribution in [0.5, 0.6) is 0 Å². The van der Waals surface area contributed by atoms with Gasteiger partial charge in [-0.15, -0.1) is 0 Å². The van der Waals surface area contributed by atoms with Crippen molar-refractivity contribution in [2.75, 3.05) is 19.0 Å². The van der Waals surface area contributed by atoms with E-state index in [0.29, 0.717) is 6.35 Å². The van der Waals surface area contributed by atoms with Gasteiger partial charge in [-0.2, -0.15) is 0 Å². The Morgan fingerprint density at radius 2 is 1.62 bits per heavy atom. The average molecular weight is 152 g/mol. The Kier molecular flexibility index (Phi) is 1.49. The van der Waals surface area contributed by atoms with Crippen LogP contribution in [-0.2, 0) is 13.6 Å². The zero-order valence-electron chi connectivity index (χ0n) is 4.24. The Morgan fingerprint density at radius 3 is 1.75 bits per heavy atom. The highest BCUT2D eigenvalue weighted by atomic mass is 31.2. The zero-order chi connectivity index (χ0) is 5.40. The summed E-state index contributed by atoms with van der Waals surface area (Å²) in [6.07, 6.45) is 2.32. The summed E-state index contributed by atoms with van der Waals surface area (Å²) < 4.78 is 15.8. The van der Waals surface area contributed by atoms with Crippen LogP contribution >= 0.6 is 16.5 Å². The van der Waals surface area contributed by atoms with Gasteiger partial charge in [0.15, 0.2) is 8.38 Å². The lowest BCUT2D eigenvalue weighted by atomic mass is 11.7. The minimum Gasteiger partial charge on any atom is -0.345 e. The van der Waals surface area contributed by atoms with E-state index in [2.05, 4.69) is 0 Å². The Bertz CT molecular complexity index is 67.5. The lowest BCUT2D eigenvalue weighted by Crippen LogP contribution is -2.14. The number of hydrogen-bond acceptors (Lipinski definition) is 3. The van der Waals surface area contributed by atoms with E-state index in [9.17, 15) is 0 Å². The third-order valence-corrected chi connectivity index (χ3v) is 4.15. The highest BCUT2D eigenvalue weighted by Crippen LogP contribution is 2.60. The van der Waals surface area contributed by atoms with Gasteiger partial charge in [0.25, 0.3) is 0 Å². The Balaban J connectivity index is 2.03. The quantitative estimate of drug-likeness (QED) is 0.494. The third kappa shape index (κ3) is 0.896. The SMILES string of the molecule is C1OP2COP1CO2. The molecule has 3 saturated heterocycles. The van der Waals surface area contributed by atoms with E-state index >= 15 is 0 Å². The molecule has 0 atom stereocenters. The predicted octanol–water partition coefficient (Wildman–Crippen LogP) is 1.64. The molecule has 0 amide bonds. The van der Waals surface area contributed by atoms with Crippen LogP contribution in [0.4, 0.5) is 0 Å². The van der Waals surface area contributed by atoms with Crippen LogP contribution < -0.4 is 0 Å². The third-order valence-electron chi connectivity index (χ3n) is 1.04. The van der Waals surface area contributed by atoms with Gasteiger partial charge in [0.05, 0.1) is 20.8 Å². The van der Waals surface area contributed by atoms with E-state index in [1.54, 1.807) is 0 Å². The first-order valence-corrected chi connectivity index (χ1v) is 5.36. The molecule has 3 heterocycles. The van der Waals surface area contributed by atoms with Crippen LogP contribution in [0.25, 0.3) is 0 Å². The smallest absolute Gasteiger partial charge is 0.199 e. The monoisotopic (exact) mass is 152 g/mol. The summed E-state index contributed by atoms with van der Waals surface area (Å²) >= 11 is 0. The minimum absolute atomic E-state index is 0.332. The summed E-state index contributed by atoms with van der Waals surface area (Å²) in [6.45, 7) is 0. The molecule has 8 heavy (non-hydrogen) atoms. The molecule has 0 radical (unpaired) electrons. The minimum atomic E-state index is -0.610. The molecular weight excluding hydrogens is 146 g/mol. The van der Waals surface area contributed by atoms with Crippen molar-refractivity contribution in [3.8, 4) is 0 Å². The van der Waals surface area contributed by atoms with Gasteiger partial charge in [0.2, 0.25) is 0 Å². The molecule has 3 aliphatic heterocycles. The molecule has 0 aromatic carbocycles. The molecule has 0 aliphatic carbocycles. The van der Waals surface area contributed by atoms with Gasteiger partial charge >= 0.3 is 0 Å². The van der Waals surface area contributed by atoms with Gasteiger partial charge in [-0.1, -0.05) is 0 Å². The second kappa shape index (κ2) is 2.17. The van der Waals surface area contributed by atoms with Crippen LogP contribution in [0.1, 0.15) is 0 Å². The van der Waals surface area contributed by atoms with Gasteiger partial charge in [-0.3, -0.25) is 0 Å². The molecule has 0 spiro atoms. The maximum Gasteiger partial charge on any atom is 0.199 e. The second-order valence-electron chi connectivity index (χ2n) is 1.59. The maximum absolute atomic E-state index is 5.32. The summed E-state index contributed by atoms with van der Waals surface area (Å²) in [5, 5.41) is 0. The van der Waals surface area contributed by atoms with Crippen LogP contribution in [0.3, 0.4) is 0 Å². The normalized spacial score (nSPS) is 45.0. The van der Waals surface area contributed by atoms with E-state index in [-0.39, 0.29) is 8.15 Å². The molecular formula is C3H6O3P2. The van der Waals surface area contributed by atoms with Crippen molar-refractivity contribution < 1.29 is 13.6 Å². The summed E-state index contributed by atoms with van der Waals surface area (Å²) in [4.78, 5) is 0. The Morgan fingerprint density at radius 1 is 0.875 bits per heavy atom. The van der Waals surface area contributed by atoms with Gasteiger partial charge < -0.3 is 13.6 Å². The molecule has 3 rings (SSSR count). The van der Waals surface area contributed by atoms with Crippen LogP contribution in [0.2, 0.25) is 0 Å². The van der Waals surface area contributed by atoms with Crippen molar-refractivity contribution in [2.45, 2.75) is 0 Å². The van der Waals surface area contributed by atoms with Crippen molar-refractivity contribution in [1.29, 1.82) is 0 Å². The van der Waals surface area contributed by atoms with E-state index in [1.807, 2.05) is 0 Å². The summed E-state index contributed by atoms with van der Waals surface area (Å²) in [7, 11) is -0.941. The number of fused-ring (bicyclic) bond motifs is 3. The van der Waals surface area contributed by atoms with Gasteiger partial charge in [-0.25, -0.2) is 0 Å². The molecule has 0 N–H and O–H groups in total. The van der Waals surface area contributed by atoms with Crippen molar-refractivity contribution in [3.63, 3.8) is 0 Å². The lowest BCUT2D eigenvalue weighted by molar-refractivity contribution is 0.210. The number of hydrogen-bond donors (Lipinski definition) is 0. The van der Waals surface area contributed by atoms with Gasteiger partial charge in [0.1, 0.15) is 6.35 Å². The second-order valence-corrected chi connectivity index (χ2v) is 4.77. The molecule has 0 aromatic rings. The first-order chi connectivity index (χ1) is 3.95. The van der Waals surface area contributed by atoms with E-state index in [4.69, 9.17) is 13.6 Å². The molecule has 3 aliphatic rings. The fourth-order valence-electron chi connectivity index (χ4n) is 0.610. The van der Waals surface area contributed by atoms with Crippen LogP contribution in [0.15, 0.2) is 0 Å². The fourth-order valence-corrected chi connectivity index (χ4v) is 4.15. The average Bonchev–Trinajstić information content (AvgIpc) is 1.92. The standard InChI is InChI=1S/C3H6O3P2/c1-5-8-3-4-7(1)2-6-8/h1-3H2. The topological polar surface area (TPSA) is 27.7 Å². The van der Waals surface area contributed by atoms with Crippen molar-refractivity contribution in [2.24, 2.45) is 0 Å². The van der Waals surface area contributed by atoms with Crippen molar-refractivity contribution >= 4 is 16.5 Å². The van der Waals surface area contributed by atoms with Gasteiger partial charge in [-0.05, 0) is 0 Å². The molecule has 0 saturated carbocycles. The summed E-state index contributed by atoms with van der Waals surface area (Å²) in [6, 6.07) is 0. The molecule has 2 bridgehead atoms. The number of rotatable bonds is 0. The highest BCUT2D eigenvalue weighted by molar-refractivity contribution is 7.58. The lowest BCUT2D eigenvalue weighted by Gasteiger charge is -2.34. The molecule has 3 nitrogen and oxygen atoms in total. The summed E-state index contributed by atoms with van der Waals surface area (Å²) in [5.74, 6) is 0. The van der Waals surface area contributed by atoms with E-state index in [0.717, 1.165) is 12.7 Å². The maximum atomic E-state index is 5.32. The van der Waals surface area contributed by atoms with Crippen LogP contribution in [0, 0.1) is 0 Å².